The lowest BCUT2D eigenvalue weighted by molar-refractivity contribution is -0.137. The zero-order chi connectivity index (χ0) is 13.3. The molecule has 0 aliphatic rings. The number of aliphatic carboxylic acids is 1. The van der Waals surface area contributed by atoms with Crippen molar-refractivity contribution in [1.29, 1.82) is 0 Å². The summed E-state index contributed by atoms with van der Waals surface area (Å²) in [6, 6.07) is 7.05. The van der Waals surface area contributed by atoms with Crippen LogP contribution < -0.4 is 0 Å². The Morgan fingerprint density at radius 3 is 2.50 bits per heavy atom. The van der Waals surface area contributed by atoms with Crippen molar-refractivity contribution in [3.8, 4) is 0 Å². The fraction of sp³-hybridized carbons (Fsp3) is 0.231. The van der Waals surface area contributed by atoms with Gasteiger partial charge in [0.25, 0.3) is 0 Å². The van der Waals surface area contributed by atoms with Crippen LogP contribution in [0.2, 0.25) is 0 Å². The van der Waals surface area contributed by atoms with Crippen molar-refractivity contribution >= 4 is 22.8 Å². The largest absolute Gasteiger partial charge is 0.480 e. The number of aromatic nitrogens is 1. The molecule has 0 aliphatic heterocycles. The van der Waals surface area contributed by atoms with Crippen molar-refractivity contribution in [1.82, 2.24) is 4.57 Å². The monoisotopic (exact) mass is 247 g/mol. The smallest absolute Gasteiger partial charge is 0.352 e. The second-order valence-corrected chi connectivity index (χ2v) is 4.06. The Labute approximate surface area is 103 Å². The van der Waals surface area contributed by atoms with E-state index in [1.165, 1.54) is 10.6 Å². The van der Waals surface area contributed by atoms with Crippen LogP contribution in [0.5, 0.6) is 0 Å². The normalized spacial score (nSPS) is 10.7. The molecule has 5 nitrogen and oxygen atoms in total. The van der Waals surface area contributed by atoms with Crippen LogP contribution in [0.1, 0.15) is 23.0 Å². The number of aromatic carboxylic acids is 1. The first kappa shape index (κ1) is 12.2. The number of aryl methyl sites for hydroxylation is 1. The quantitative estimate of drug-likeness (QED) is 0.865. The van der Waals surface area contributed by atoms with E-state index in [2.05, 4.69) is 0 Å². The second-order valence-electron chi connectivity index (χ2n) is 4.06. The summed E-state index contributed by atoms with van der Waals surface area (Å²) in [6.07, 6.45) is 0.850. The Bertz CT molecular complexity index is 627. The third kappa shape index (κ3) is 2.07. The zero-order valence-corrected chi connectivity index (χ0v) is 9.88. The Morgan fingerprint density at radius 1 is 1.22 bits per heavy atom. The molecule has 0 bridgehead atoms. The fourth-order valence-electron chi connectivity index (χ4n) is 2.02. The number of benzene rings is 1. The fourth-order valence-corrected chi connectivity index (χ4v) is 2.02. The van der Waals surface area contributed by atoms with Crippen molar-refractivity contribution in [2.45, 2.75) is 19.9 Å². The van der Waals surface area contributed by atoms with Crippen molar-refractivity contribution < 1.29 is 19.8 Å². The van der Waals surface area contributed by atoms with Gasteiger partial charge in [0.2, 0.25) is 0 Å². The average Bonchev–Trinajstić information content (AvgIpc) is 2.66. The maximum atomic E-state index is 11.1. The Kier molecular flexibility index (Phi) is 3.06. The van der Waals surface area contributed by atoms with Crippen LogP contribution in [0, 0.1) is 0 Å². The molecule has 2 aromatic rings. The lowest BCUT2D eigenvalue weighted by Gasteiger charge is -2.05. The first-order valence-electron chi connectivity index (χ1n) is 5.60. The number of hydrogen-bond donors (Lipinski definition) is 2. The summed E-state index contributed by atoms with van der Waals surface area (Å²) in [6.45, 7) is 1.66. The molecule has 0 amide bonds. The van der Waals surface area contributed by atoms with E-state index in [0.717, 1.165) is 17.4 Å². The summed E-state index contributed by atoms with van der Waals surface area (Å²) >= 11 is 0. The molecule has 18 heavy (non-hydrogen) atoms. The zero-order valence-electron chi connectivity index (χ0n) is 9.88. The van der Waals surface area contributed by atoms with E-state index in [1.54, 1.807) is 6.07 Å². The Hall–Kier alpha value is -2.30. The predicted molar refractivity (Wildman–Crippen MR) is 65.9 cm³/mol. The molecule has 0 spiro atoms. The van der Waals surface area contributed by atoms with Gasteiger partial charge in [-0.25, -0.2) is 4.79 Å². The summed E-state index contributed by atoms with van der Waals surface area (Å²) in [7, 11) is 0. The minimum Gasteiger partial charge on any atom is -0.480 e. The van der Waals surface area contributed by atoms with Gasteiger partial charge in [-0.3, -0.25) is 4.79 Å². The van der Waals surface area contributed by atoms with E-state index in [0.29, 0.717) is 5.52 Å². The van der Waals surface area contributed by atoms with Crippen LogP contribution in [0.25, 0.3) is 10.9 Å². The van der Waals surface area contributed by atoms with Crippen LogP contribution >= 0.6 is 0 Å². The molecule has 2 N–H and O–H groups in total. The van der Waals surface area contributed by atoms with Gasteiger partial charge in [-0.2, -0.15) is 0 Å². The Morgan fingerprint density at radius 2 is 1.94 bits per heavy atom. The van der Waals surface area contributed by atoms with Gasteiger partial charge in [-0.15, -0.1) is 0 Å². The molecule has 1 aromatic carbocycles. The first-order valence-corrected chi connectivity index (χ1v) is 5.60. The van der Waals surface area contributed by atoms with Crippen molar-refractivity contribution in [2.75, 3.05) is 0 Å². The highest BCUT2D eigenvalue weighted by Crippen LogP contribution is 2.22. The van der Waals surface area contributed by atoms with E-state index in [4.69, 9.17) is 10.2 Å². The number of nitrogens with zero attached hydrogens (tertiary/aromatic N) is 1. The first-order chi connectivity index (χ1) is 8.52. The number of fused-ring (bicyclic) bond motifs is 1. The number of carboxylic acids is 2. The van der Waals surface area contributed by atoms with Gasteiger partial charge in [0.05, 0.1) is 0 Å². The van der Waals surface area contributed by atoms with Crippen LogP contribution in [-0.4, -0.2) is 26.7 Å². The van der Waals surface area contributed by atoms with Crippen LogP contribution in [0.4, 0.5) is 0 Å². The molecule has 94 valence electrons. The number of carboxylic acid groups (broad SMARTS) is 2. The number of carbonyl (C=O) groups is 2. The van der Waals surface area contributed by atoms with Gasteiger partial charge in [0, 0.05) is 10.9 Å². The molecule has 1 aromatic heterocycles. The molecule has 5 heteroatoms. The molecule has 0 saturated heterocycles. The second kappa shape index (κ2) is 4.52. The highest BCUT2D eigenvalue weighted by molar-refractivity contribution is 5.95. The highest BCUT2D eigenvalue weighted by atomic mass is 16.4. The lowest BCUT2D eigenvalue weighted by Crippen LogP contribution is -2.14. The third-order valence-electron chi connectivity index (χ3n) is 2.89. The molecule has 0 atom stereocenters. The highest BCUT2D eigenvalue weighted by Gasteiger charge is 2.16. The summed E-state index contributed by atoms with van der Waals surface area (Å²) in [5.74, 6) is -2.18. The summed E-state index contributed by atoms with van der Waals surface area (Å²) in [5, 5.41) is 18.7. The Balaban J connectivity index is 2.67. The van der Waals surface area contributed by atoms with E-state index in [-0.39, 0.29) is 12.2 Å². The molecular weight excluding hydrogens is 234 g/mol. The van der Waals surface area contributed by atoms with Gasteiger partial charge in [-0.05, 0) is 30.2 Å². The lowest BCUT2D eigenvalue weighted by atomic mass is 10.1. The summed E-state index contributed by atoms with van der Waals surface area (Å²) in [5.41, 5.74) is 1.72. The molecule has 0 aliphatic carbocycles. The molecule has 1 heterocycles. The topological polar surface area (TPSA) is 79.5 Å². The summed E-state index contributed by atoms with van der Waals surface area (Å²) < 4.78 is 1.30. The van der Waals surface area contributed by atoms with Gasteiger partial charge in [-0.1, -0.05) is 13.0 Å². The standard InChI is InChI=1S/C13H13NO4/c1-2-8-3-4-10-9(5-8)6-11(13(17)18)14(10)7-12(15)16/h3-6H,2,7H2,1H3,(H,15,16)(H,17,18). The van der Waals surface area contributed by atoms with Gasteiger partial charge in [0.15, 0.2) is 0 Å². The van der Waals surface area contributed by atoms with E-state index < -0.39 is 11.9 Å². The molecule has 2 rings (SSSR count). The molecule has 0 saturated carbocycles. The van der Waals surface area contributed by atoms with Gasteiger partial charge >= 0.3 is 11.9 Å². The minimum atomic E-state index is -1.12. The van der Waals surface area contributed by atoms with E-state index in [9.17, 15) is 9.59 Å². The molecule has 0 unspecified atom stereocenters. The van der Waals surface area contributed by atoms with Crippen LogP contribution in [0.3, 0.4) is 0 Å². The number of hydrogen-bond acceptors (Lipinski definition) is 2. The van der Waals surface area contributed by atoms with Crippen LogP contribution in [-0.2, 0) is 17.8 Å². The average molecular weight is 247 g/mol. The number of rotatable bonds is 4. The minimum absolute atomic E-state index is 0.000605. The van der Waals surface area contributed by atoms with Crippen molar-refractivity contribution in [2.24, 2.45) is 0 Å². The predicted octanol–water partition coefficient (Wildman–Crippen LogP) is 1.99. The van der Waals surface area contributed by atoms with Gasteiger partial charge in [0.1, 0.15) is 12.2 Å². The SMILES string of the molecule is CCc1ccc2c(c1)cc(C(=O)O)n2CC(=O)O. The van der Waals surface area contributed by atoms with Crippen LogP contribution in [0.15, 0.2) is 24.3 Å². The third-order valence-corrected chi connectivity index (χ3v) is 2.89. The van der Waals surface area contributed by atoms with Crippen molar-refractivity contribution in [3.05, 3.63) is 35.5 Å². The van der Waals surface area contributed by atoms with E-state index in [1.807, 2.05) is 19.1 Å². The molecular formula is C13H13NO4. The maximum Gasteiger partial charge on any atom is 0.352 e. The van der Waals surface area contributed by atoms with Gasteiger partial charge < -0.3 is 14.8 Å². The molecule has 0 fully saturated rings. The van der Waals surface area contributed by atoms with E-state index >= 15 is 0 Å². The maximum absolute atomic E-state index is 11.1. The van der Waals surface area contributed by atoms with Crippen molar-refractivity contribution in [3.63, 3.8) is 0 Å². The molecule has 0 radical (unpaired) electrons. The summed E-state index contributed by atoms with van der Waals surface area (Å²) in [4.78, 5) is 21.9.